The number of rotatable bonds is 67. The Morgan fingerprint density at radius 1 is 0.241 bits per heavy atom. The Bertz CT molecular complexity index is 1270. The lowest BCUT2D eigenvalue weighted by Crippen LogP contribution is -2.30. The van der Waals surface area contributed by atoms with Gasteiger partial charge in [0.15, 0.2) is 6.10 Å². The smallest absolute Gasteiger partial charge is 0.306 e. The molecule has 0 amide bonds. The molecule has 0 spiro atoms. The van der Waals surface area contributed by atoms with Crippen molar-refractivity contribution in [1.29, 1.82) is 0 Å². The molecule has 0 aliphatic heterocycles. The third kappa shape index (κ3) is 66.6. The molecule has 0 saturated heterocycles. The molecule has 6 heteroatoms. The highest BCUT2D eigenvalue weighted by Gasteiger charge is 2.19. The summed E-state index contributed by atoms with van der Waals surface area (Å²) in [6.45, 7) is 6.70. The van der Waals surface area contributed by atoms with Crippen molar-refractivity contribution in [2.24, 2.45) is 0 Å². The van der Waals surface area contributed by atoms with Gasteiger partial charge in [-0.25, -0.2) is 0 Å². The number of unbranched alkanes of at least 4 members (excludes halogenated alkanes) is 52. The van der Waals surface area contributed by atoms with Gasteiger partial charge in [-0.05, 0) is 70.6 Å². The Balaban J connectivity index is 4.07. The first-order chi connectivity index (χ1) is 39.0. The maximum absolute atomic E-state index is 12.9. The lowest BCUT2D eigenvalue weighted by atomic mass is 10.0. The van der Waals surface area contributed by atoms with E-state index in [9.17, 15) is 14.4 Å². The topological polar surface area (TPSA) is 78.9 Å². The van der Waals surface area contributed by atoms with E-state index in [1.165, 1.54) is 302 Å². The highest BCUT2D eigenvalue weighted by atomic mass is 16.6. The molecule has 0 aromatic carbocycles. The first-order valence-electron chi connectivity index (χ1n) is 35.8. The first kappa shape index (κ1) is 76.9. The van der Waals surface area contributed by atoms with Crippen molar-refractivity contribution in [3.8, 4) is 0 Å². The molecule has 0 bridgehead atoms. The minimum Gasteiger partial charge on any atom is -0.462 e. The molecule has 79 heavy (non-hydrogen) atoms. The minimum atomic E-state index is -0.771. The Morgan fingerprint density at radius 3 is 0.633 bits per heavy atom. The second-order valence-corrected chi connectivity index (χ2v) is 24.5. The van der Waals surface area contributed by atoms with Gasteiger partial charge in [-0.3, -0.25) is 14.4 Å². The fraction of sp³-hybridized carbons (Fsp3) is 0.904. The van der Waals surface area contributed by atoms with Crippen LogP contribution in [0.4, 0.5) is 0 Å². The number of carbonyl (C=O) groups excluding carboxylic acids is 3. The van der Waals surface area contributed by atoms with Gasteiger partial charge in [0.25, 0.3) is 0 Å². The van der Waals surface area contributed by atoms with Crippen LogP contribution in [0.1, 0.15) is 406 Å². The third-order valence-corrected chi connectivity index (χ3v) is 16.4. The van der Waals surface area contributed by atoms with Crippen LogP contribution in [0, 0.1) is 0 Å². The Hall–Kier alpha value is -2.11. The normalized spacial score (nSPS) is 12.1. The van der Waals surface area contributed by atoms with Crippen LogP contribution in [-0.2, 0) is 28.6 Å². The first-order valence-corrected chi connectivity index (χ1v) is 35.8. The minimum absolute atomic E-state index is 0.0682. The van der Waals surface area contributed by atoms with Crippen molar-refractivity contribution >= 4 is 17.9 Å². The molecule has 0 radical (unpaired) electrons. The van der Waals surface area contributed by atoms with Crippen LogP contribution in [0.2, 0.25) is 0 Å². The summed E-state index contributed by atoms with van der Waals surface area (Å²) < 4.78 is 17.0. The summed E-state index contributed by atoms with van der Waals surface area (Å²) in [5, 5.41) is 0. The van der Waals surface area contributed by atoms with Gasteiger partial charge >= 0.3 is 17.9 Å². The van der Waals surface area contributed by atoms with Crippen molar-refractivity contribution in [2.75, 3.05) is 13.2 Å². The maximum Gasteiger partial charge on any atom is 0.306 e. The van der Waals surface area contributed by atoms with E-state index in [4.69, 9.17) is 14.2 Å². The Kier molecular flexibility index (Phi) is 66.6. The average molecular weight is 1110 g/mol. The molecular weight excluding hydrogens is 973 g/mol. The maximum atomic E-state index is 12.9. The molecule has 1 atom stereocenters. The molecule has 0 aromatic heterocycles. The van der Waals surface area contributed by atoms with E-state index < -0.39 is 6.10 Å². The van der Waals surface area contributed by atoms with Crippen molar-refractivity contribution in [2.45, 2.75) is 412 Å². The summed E-state index contributed by atoms with van der Waals surface area (Å²) in [6.07, 6.45) is 83.7. The molecule has 0 N–H and O–H groups in total. The number of esters is 3. The molecule has 0 saturated carbocycles. The second-order valence-electron chi connectivity index (χ2n) is 24.5. The highest BCUT2D eigenvalue weighted by Crippen LogP contribution is 2.19. The summed E-state index contributed by atoms with van der Waals surface area (Å²) in [6, 6.07) is 0. The Labute approximate surface area is 493 Å². The van der Waals surface area contributed by atoms with E-state index >= 15 is 0 Å². The van der Waals surface area contributed by atoms with Gasteiger partial charge < -0.3 is 14.2 Å². The molecule has 466 valence electrons. The van der Waals surface area contributed by atoms with Crippen LogP contribution in [-0.4, -0.2) is 37.2 Å². The molecule has 0 fully saturated rings. The second kappa shape index (κ2) is 68.4. The van der Waals surface area contributed by atoms with Gasteiger partial charge in [-0.1, -0.05) is 340 Å². The van der Waals surface area contributed by atoms with Crippen LogP contribution in [0.5, 0.6) is 0 Å². The van der Waals surface area contributed by atoms with E-state index in [2.05, 4.69) is 45.1 Å². The lowest BCUT2D eigenvalue weighted by molar-refractivity contribution is -0.167. The van der Waals surface area contributed by atoms with E-state index in [0.717, 1.165) is 64.2 Å². The van der Waals surface area contributed by atoms with Gasteiger partial charge in [0.2, 0.25) is 0 Å². The van der Waals surface area contributed by atoms with Crippen LogP contribution in [0.3, 0.4) is 0 Å². The Morgan fingerprint density at radius 2 is 0.418 bits per heavy atom. The molecule has 1 unspecified atom stereocenters. The standard InChI is InChI=1S/C73H138O6/c1-4-7-10-13-16-19-22-25-27-28-29-30-31-32-33-34-35-36-37-38-39-40-41-42-43-44-46-48-51-54-57-60-63-66-72(75)78-69-70(68-77-71(74)65-62-59-56-53-50-47-24-21-18-15-12-9-6-3)79-73(76)67-64-61-58-55-52-49-45-26-23-20-17-14-11-8-5-2/h26,28-29,45,70H,4-25,27,30-44,46-69H2,1-3H3/b29-28-,45-26-. The van der Waals surface area contributed by atoms with Crippen LogP contribution in [0.15, 0.2) is 24.3 Å². The van der Waals surface area contributed by atoms with Gasteiger partial charge in [0.1, 0.15) is 13.2 Å². The number of hydrogen-bond donors (Lipinski definition) is 0. The van der Waals surface area contributed by atoms with E-state index in [1.807, 2.05) is 0 Å². The van der Waals surface area contributed by atoms with Crippen LogP contribution < -0.4 is 0 Å². The number of carbonyl (C=O) groups is 3. The fourth-order valence-electron chi connectivity index (χ4n) is 11.0. The molecule has 0 rings (SSSR count). The van der Waals surface area contributed by atoms with E-state index in [0.29, 0.717) is 19.3 Å². The van der Waals surface area contributed by atoms with Gasteiger partial charge in [0.05, 0.1) is 0 Å². The lowest BCUT2D eigenvalue weighted by Gasteiger charge is -2.18. The number of allylic oxidation sites excluding steroid dienone is 4. The van der Waals surface area contributed by atoms with Crippen molar-refractivity contribution < 1.29 is 28.6 Å². The van der Waals surface area contributed by atoms with E-state index in [-0.39, 0.29) is 31.1 Å². The van der Waals surface area contributed by atoms with Crippen molar-refractivity contribution in [1.82, 2.24) is 0 Å². The van der Waals surface area contributed by atoms with Crippen LogP contribution in [0.25, 0.3) is 0 Å². The van der Waals surface area contributed by atoms with E-state index in [1.54, 1.807) is 0 Å². The largest absolute Gasteiger partial charge is 0.462 e. The molecule has 6 nitrogen and oxygen atoms in total. The summed E-state index contributed by atoms with van der Waals surface area (Å²) >= 11 is 0. The summed E-state index contributed by atoms with van der Waals surface area (Å²) in [5.41, 5.74) is 0. The predicted octanol–water partition coefficient (Wildman–Crippen LogP) is 24.6. The predicted molar refractivity (Wildman–Crippen MR) is 344 cm³/mol. The zero-order valence-electron chi connectivity index (χ0n) is 53.7. The molecule has 0 aliphatic carbocycles. The van der Waals surface area contributed by atoms with Crippen molar-refractivity contribution in [3.05, 3.63) is 24.3 Å². The van der Waals surface area contributed by atoms with Crippen LogP contribution >= 0.6 is 0 Å². The molecule has 0 heterocycles. The number of hydrogen-bond acceptors (Lipinski definition) is 6. The highest BCUT2D eigenvalue weighted by molar-refractivity contribution is 5.71. The zero-order valence-corrected chi connectivity index (χ0v) is 53.7. The molecule has 0 aromatic rings. The van der Waals surface area contributed by atoms with Gasteiger partial charge in [-0.2, -0.15) is 0 Å². The average Bonchev–Trinajstić information content (AvgIpc) is 3.45. The molecule has 0 aliphatic rings. The summed E-state index contributed by atoms with van der Waals surface area (Å²) in [7, 11) is 0. The quantitative estimate of drug-likeness (QED) is 0.0261. The van der Waals surface area contributed by atoms with Crippen molar-refractivity contribution in [3.63, 3.8) is 0 Å². The summed E-state index contributed by atoms with van der Waals surface area (Å²) in [4.78, 5) is 38.3. The van der Waals surface area contributed by atoms with Gasteiger partial charge in [0, 0.05) is 19.3 Å². The summed E-state index contributed by atoms with van der Waals surface area (Å²) in [5.74, 6) is -0.847. The number of ether oxygens (including phenoxy) is 3. The zero-order chi connectivity index (χ0) is 57.1. The SMILES string of the molecule is CCCCCCCC/C=C\CCCCCCCC(=O)OC(COC(=O)CCCCCCCCCCCCCCC)COC(=O)CCCCCCCCCCCCCCCCCCCCCCC/C=C\CCCCCCCCCC. The third-order valence-electron chi connectivity index (χ3n) is 16.4. The monoisotopic (exact) mass is 1110 g/mol. The molecular formula is C73H138O6. The fourth-order valence-corrected chi connectivity index (χ4v) is 11.0. The van der Waals surface area contributed by atoms with Gasteiger partial charge in [-0.15, -0.1) is 0 Å².